The van der Waals surface area contributed by atoms with Gasteiger partial charge in [0.1, 0.15) is 0 Å². The number of anilines is 1. The molecular formula is C20H23F3IN3O. The fourth-order valence-corrected chi connectivity index (χ4v) is 3.05. The van der Waals surface area contributed by atoms with E-state index in [1.165, 1.54) is 12.1 Å². The minimum atomic E-state index is -4.35. The van der Waals surface area contributed by atoms with Gasteiger partial charge in [0.05, 0.1) is 18.7 Å². The van der Waals surface area contributed by atoms with Crippen LogP contribution in [0.15, 0.2) is 53.5 Å². The van der Waals surface area contributed by atoms with Gasteiger partial charge >= 0.3 is 6.18 Å². The highest BCUT2D eigenvalue weighted by molar-refractivity contribution is 14.0. The molecule has 152 valence electrons. The summed E-state index contributed by atoms with van der Waals surface area (Å²) in [6, 6.07) is 13.1. The Bertz CT molecular complexity index is 835. The van der Waals surface area contributed by atoms with E-state index in [1.54, 1.807) is 13.2 Å². The molecule has 1 saturated carbocycles. The second-order valence-corrected chi connectivity index (χ2v) is 6.78. The molecule has 8 heteroatoms. The molecule has 0 amide bonds. The van der Waals surface area contributed by atoms with Crippen molar-refractivity contribution in [1.82, 2.24) is 0 Å². The van der Waals surface area contributed by atoms with Gasteiger partial charge in [-0.15, -0.1) is 24.0 Å². The Morgan fingerprint density at radius 3 is 2.54 bits per heavy atom. The Balaban J connectivity index is 0.00000280. The predicted octanol–water partition coefficient (Wildman–Crippen LogP) is 4.93. The first-order valence-electron chi connectivity index (χ1n) is 8.66. The van der Waals surface area contributed by atoms with E-state index in [1.807, 2.05) is 24.3 Å². The third kappa shape index (κ3) is 5.38. The zero-order valence-corrected chi connectivity index (χ0v) is 17.8. The molecule has 0 spiro atoms. The van der Waals surface area contributed by atoms with Crippen molar-refractivity contribution in [3.63, 3.8) is 0 Å². The number of methoxy groups -OCH3 is 1. The molecule has 0 radical (unpaired) electrons. The SMILES string of the molecule is COCc1ccccc1NC(N)=NCC1(c2cccc(C(F)(F)F)c2)CC1.I. The van der Waals surface area contributed by atoms with Crippen LogP contribution in [0.1, 0.15) is 29.5 Å². The molecule has 1 aliphatic rings. The summed E-state index contributed by atoms with van der Waals surface area (Å²) < 4.78 is 44.1. The molecule has 4 nitrogen and oxygen atoms in total. The summed E-state index contributed by atoms with van der Waals surface area (Å²) in [6.07, 6.45) is -2.75. The molecule has 3 rings (SSSR count). The smallest absolute Gasteiger partial charge is 0.380 e. The van der Waals surface area contributed by atoms with Crippen molar-refractivity contribution < 1.29 is 17.9 Å². The van der Waals surface area contributed by atoms with Crippen molar-refractivity contribution in [2.24, 2.45) is 10.7 Å². The Kier molecular flexibility index (Phi) is 7.33. The van der Waals surface area contributed by atoms with E-state index in [9.17, 15) is 13.2 Å². The summed E-state index contributed by atoms with van der Waals surface area (Å²) in [5, 5.41) is 3.05. The number of ether oxygens (including phenoxy) is 1. The zero-order chi connectivity index (χ0) is 19.5. The molecule has 0 unspecified atom stereocenters. The number of hydrogen-bond acceptors (Lipinski definition) is 2. The predicted molar refractivity (Wildman–Crippen MR) is 115 cm³/mol. The molecular weight excluding hydrogens is 482 g/mol. The van der Waals surface area contributed by atoms with Gasteiger partial charge < -0.3 is 15.8 Å². The van der Waals surface area contributed by atoms with E-state index in [-0.39, 0.29) is 35.4 Å². The number of nitrogens with zero attached hydrogens (tertiary/aromatic N) is 1. The molecule has 0 aliphatic heterocycles. The van der Waals surface area contributed by atoms with Crippen LogP contribution in [-0.4, -0.2) is 19.6 Å². The fraction of sp³-hybridized carbons (Fsp3) is 0.350. The summed E-state index contributed by atoms with van der Waals surface area (Å²) >= 11 is 0. The lowest BCUT2D eigenvalue weighted by Crippen LogP contribution is -2.25. The molecule has 28 heavy (non-hydrogen) atoms. The van der Waals surface area contributed by atoms with E-state index >= 15 is 0 Å². The summed E-state index contributed by atoms with van der Waals surface area (Å²) in [4.78, 5) is 4.38. The third-order valence-corrected chi connectivity index (χ3v) is 4.79. The number of nitrogens with one attached hydrogen (secondary N) is 1. The minimum absolute atomic E-state index is 0. The number of hydrogen-bond donors (Lipinski definition) is 2. The van der Waals surface area contributed by atoms with Gasteiger partial charge in [-0.3, -0.25) is 4.99 Å². The maximum absolute atomic E-state index is 13.0. The molecule has 0 aromatic heterocycles. The van der Waals surface area contributed by atoms with Crippen LogP contribution >= 0.6 is 24.0 Å². The van der Waals surface area contributed by atoms with Crippen LogP contribution in [0.25, 0.3) is 0 Å². The maximum Gasteiger partial charge on any atom is 0.416 e. The monoisotopic (exact) mass is 505 g/mol. The van der Waals surface area contributed by atoms with Crippen molar-refractivity contribution in [2.75, 3.05) is 19.0 Å². The molecule has 0 bridgehead atoms. The van der Waals surface area contributed by atoms with Crippen molar-refractivity contribution >= 4 is 35.6 Å². The van der Waals surface area contributed by atoms with Crippen molar-refractivity contribution in [1.29, 1.82) is 0 Å². The van der Waals surface area contributed by atoms with Crippen LogP contribution in [-0.2, 0) is 22.9 Å². The van der Waals surface area contributed by atoms with Crippen LogP contribution in [0.3, 0.4) is 0 Å². The van der Waals surface area contributed by atoms with E-state index < -0.39 is 11.7 Å². The standard InChI is InChI=1S/C20H22F3N3O.HI/c1-27-12-14-5-2-3-8-17(14)26-18(24)25-13-19(9-10-19)15-6-4-7-16(11-15)20(21,22)23;/h2-8,11H,9-10,12-13H2,1H3,(H3,24,25,26);1H. The van der Waals surface area contributed by atoms with Crippen LogP contribution in [0.4, 0.5) is 18.9 Å². The summed E-state index contributed by atoms with van der Waals surface area (Å²) in [6.45, 7) is 0.782. The topological polar surface area (TPSA) is 59.6 Å². The van der Waals surface area contributed by atoms with E-state index in [0.29, 0.717) is 18.7 Å². The number of rotatable bonds is 6. The highest BCUT2D eigenvalue weighted by Crippen LogP contribution is 2.49. The number of para-hydroxylation sites is 1. The molecule has 2 aromatic rings. The molecule has 0 atom stereocenters. The van der Waals surface area contributed by atoms with E-state index in [4.69, 9.17) is 10.5 Å². The molecule has 0 saturated heterocycles. The third-order valence-electron chi connectivity index (χ3n) is 4.79. The van der Waals surface area contributed by atoms with Gasteiger partial charge in [0.15, 0.2) is 5.96 Å². The van der Waals surface area contributed by atoms with Crippen LogP contribution in [0, 0.1) is 0 Å². The normalized spacial score (nSPS) is 15.6. The first-order chi connectivity index (χ1) is 12.8. The quantitative estimate of drug-likeness (QED) is 0.333. The highest BCUT2D eigenvalue weighted by Gasteiger charge is 2.45. The Morgan fingerprint density at radius 2 is 1.89 bits per heavy atom. The average Bonchev–Trinajstić information content (AvgIpc) is 3.43. The fourth-order valence-electron chi connectivity index (χ4n) is 3.05. The van der Waals surface area contributed by atoms with Crippen molar-refractivity contribution in [2.45, 2.75) is 31.0 Å². The maximum atomic E-state index is 13.0. The number of aliphatic imine (C=N–C) groups is 1. The summed E-state index contributed by atoms with van der Waals surface area (Å²) in [7, 11) is 1.61. The van der Waals surface area contributed by atoms with Crippen molar-refractivity contribution in [3.8, 4) is 0 Å². The van der Waals surface area contributed by atoms with Gasteiger partial charge in [-0.25, -0.2) is 0 Å². The zero-order valence-electron chi connectivity index (χ0n) is 15.4. The summed E-state index contributed by atoms with van der Waals surface area (Å²) in [5.74, 6) is 0.233. The van der Waals surface area contributed by atoms with Gasteiger partial charge in [0, 0.05) is 23.8 Å². The lowest BCUT2D eigenvalue weighted by atomic mass is 9.94. The molecule has 1 fully saturated rings. The van der Waals surface area contributed by atoms with Gasteiger partial charge in [0.25, 0.3) is 0 Å². The number of nitrogens with two attached hydrogens (primary N) is 1. The van der Waals surface area contributed by atoms with E-state index in [2.05, 4.69) is 10.3 Å². The van der Waals surface area contributed by atoms with Gasteiger partial charge in [-0.2, -0.15) is 13.2 Å². The molecule has 1 aliphatic carbocycles. The lowest BCUT2D eigenvalue weighted by molar-refractivity contribution is -0.137. The van der Waals surface area contributed by atoms with Crippen LogP contribution in [0.2, 0.25) is 0 Å². The number of alkyl halides is 3. The first kappa shape index (κ1) is 22.5. The Morgan fingerprint density at radius 1 is 1.18 bits per heavy atom. The van der Waals surface area contributed by atoms with Gasteiger partial charge in [-0.1, -0.05) is 36.4 Å². The largest absolute Gasteiger partial charge is 0.416 e. The second-order valence-electron chi connectivity index (χ2n) is 6.78. The first-order valence-corrected chi connectivity index (χ1v) is 8.66. The number of benzene rings is 2. The summed E-state index contributed by atoms with van der Waals surface area (Å²) in [5.41, 5.74) is 7.41. The highest BCUT2D eigenvalue weighted by atomic mass is 127. The minimum Gasteiger partial charge on any atom is -0.380 e. The Hall–Kier alpha value is -1.81. The van der Waals surface area contributed by atoms with Gasteiger partial charge in [-0.05, 0) is 30.5 Å². The Labute approximate surface area is 179 Å². The van der Waals surface area contributed by atoms with E-state index in [0.717, 1.165) is 30.2 Å². The molecule has 0 heterocycles. The van der Waals surface area contributed by atoms with Crippen LogP contribution in [0.5, 0.6) is 0 Å². The number of guanidine groups is 1. The second kappa shape index (κ2) is 9.13. The van der Waals surface area contributed by atoms with Gasteiger partial charge in [0.2, 0.25) is 0 Å². The molecule has 2 aromatic carbocycles. The number of halogens is 4. The molecule has 3 N–H and O–H groups in total. The van der Waals surface area contributed by atoms with Crippen LogP contribution < -0.4 is 11.1 Å². The van der Waals surface area contributed by atoms with Crippen molar-refractivity contribution in [3.05, 3.63) is 65.2 Å². The lowest BCUT2D eigenvalue weighted by Gasteiger charge is -2.16. The average molecular weight is 505 g/mol.